The van der Waals surface area contributed by atoms with Crippen LogP contribution in [0.15, 0.2) is 70.9 Å². The van der Waals surface area contributed by atoms with Crippen molar-refractivity contribution in [1.82, 2.24) is 15.1 Å². The summed E-state index contributed by atoms with van der Waals surface area (Å²) in [6, 6.07) is 13.9. The summed E-state index contributed by atoms with van der Waals surface area (Å²) >= 11 is 1.10. The van der Waals surface area contributed by atoms with Gasteiger partial charge in [0.05, 0.1) is 16.4 Å². The van der Waals surface area contributed by atoms with Gasteiger partial charge in [-0.1, -0.05) is 6.07 Å². The average molecular weight is 560 g/mol. The lowest BCUT2D eigenvalue weighted by Crippen LogP contribution is -2.57. The minimum Gasteiger partial charge on any atom is -0.494 e. The van der Waals surface area contributed by atoms with Gasteiger partial charge in [0, 0.05) is 31.7 Å². The third-order valence-electron chi connectivity index (χ3n) is 5.97. The lowest BCUT2D eigenvalue weighted by atomic mass is 10.1. The van der Waals surface area contributed by atoms with Gasteiger partial charge in [0.25, 0.3) is 17.7 Å². The van der Waals surface area contributed by atoms with Crippen molar-refractivity contribution in [3.8, 4) is 5.75 Å². The van der Waals surface area contributed by atoms with Crippen LogP contribution >= 0.6 is 11.3 Å². The first-order valence-corrected chi connectivity index (χ1v) is 14.3. The molecular weight excluding hydrogens is 533 g/mol. The van der Waals surface area contributed by atoms with Crippen LogP contribution in [0.2, 0.25) is 0 Å². The lowest BCUT2D eigenvalue weighted by Gasteiger charge is -2.36. The Morgan fingerprint density at radius 3 is 2.18 bits per heavy atom. The molecule has 4 rings (SSSR count). The van der Waals surface area contributed by atoms with Gasteiger partial charge >= 0.3 is 0 Å². The normalized spacial score (nSPS) is 14.6. The summed E-state index contributed by atoms with van der Waals surface area (Å²) in [7, 11) is -4.41. The number of sulfone groups is 1. The van der Waals surface area contributed by atoms with E-state index in [9.17, 15) is 27.2 Å². The predicted octanol–water partition coefficient (Wildman–Crippen LogP) is 2.80. The first-order chi connectivity index (χ1) is 18.2. The number of benzene rings is 2. The van der Waals surface area contributed by atoms with Gasteiger partial charge in [0.2, 0.25) is 15.2 Å². The van der Waals surface area contributed by atoms with Crippen molar-refractivity contribution >= 4 is 38.9 Å². The van der Waals surface area contributed by atoms with Crippen LogP contribution in [0.3, 0.4) is 0 Å². The molecule has 1 saturated heterocycles. The number of rotatable bonds is 8. The first-order valence-electron chi connectivity index (χ1n) is 11.9. The highest BCUT2D eigenvalue weighted by Crippen LogP contribution is 2.20. The van der Waals surface area contributed by atoms with Gasteiger partial charge in [-0.25, -0.2) is 12.8 Å². The van der Waals surface area contributed by atoms with Gasteiger partial charge in [-0.15, -0.1) is 11.3 Å². The van der Waals surface area contributed by atoms with Crippen LogP contribution in [0.5, 0.6) is 5.75 Å². The Morgan fingerprint density at radius 1 is 0.974 bits per heavy atom. The molecule has 12 heteroatoms. The number of hydrogen-bond donors (Lipinski definition) is 1. The summed E-state index contributed by atoms with van der Waals surface area (Å²) in [5.74, 6) is -1.75. The van der Waals surface area contributed by atoms with Crippen LogP contribution in [0.4, 0.5) is 4.39 Å². The van der Waals surface area contributed by atoms with Crippen LogP contribution in [0.25, 0.3) is 0 Å². The maximum absolute atomic E-state index is 13.5. The van der Waals surface area contributed by atoms with Crippen LogP contribution < -0.4 is 10.1 Å². The summed E-state index contributed by atoms with van der Waals surface area (Å²) in [5.41, 5.74) is 0.466. The zero-order valence-electron chi connectivity index (χ0n) is 20.5. The minimum atomic E-state index is -4.41. The quantitative estimate of drug-likeness (QED) is 0.425. The highest BCUT2D eigenvalue weighted by molar-refractivity contribution is 7.92. The molecule has 1 fully saturated rings. The highest BCUT2D eigenvalue weighted by atomic mass is 32.2. The number of amides is 3. The van der Waals surface area contributed by atoms with E-state index in [2.05, 4.69) is 5.32 Å². The molecule has 0 spiro atoms. The fourth-order valence-corrected chi connectivity index (χ4v) is 6.06. The number of halogens is 1. The highest BCUT2D eigenvalue weighted by Gasteiger charge is 2.39. The molecule has 38 heavy (non-hydrogen) atoms. The number of carbonyl (C=O) groups is 3. The van der Waals surface area contributed by atoms with Crippen molar-refractivity contribution in [3.05, 3.63) is 82.3 Å². The summed E-state index contributed by atoms with van der Waals surface area (Å²) in [4.78, 5) is 42.0. The van der Waals surface area contributed by atoms with E-state index in [1.807, 2.05) is 6.92 Å². The third-order valence-corrected chi connectivity index (χ3v) is 8.71. The van der Waals surface area contributed by atoms with Crippen molar-refractivity contribution in [2.75, 3.05) is 32.8 Å². The number of piperazine rings is 1. The Balaban J connectivity index is 1.49. The number of nitrogens with one attached hydrogen (secondary N) is 1. The van der Waals surface area contributed by atoms with E-state index < -0.39 is 32.8 Å². The van der Waals surface area contributed by atoms with Gasteiger partial charge in [0.15, 0.2) is 0 Å². The van der Waals surface area contributed by atoms with Crippen LogP contribution in [0.1, 0.15) is 27.0 Å². The number of nitrogens with zero attached hydrogens (tertiary/aromatic N) is 2. The van der Waals surface area contributed by atoms with Crippen molar-refractivity contribution in [2.45, 2.75) is 17.2 Å². The molecule has 2 aromatic carbocycles. The number of carbonyl (C=O) groups excluding carboxylic acids is 3. The monoisotopic (exact) mass is 559 g/mol. The van der Waals surface area contributed by atoms with Crippen molar-refractivity contribution in [2.24, 2.45) is 0 Å². The summed E-state index contributed by atoms with van der Waals surface area (Å²) in [5, 5.41) is 2.08. The maximum Gasteiger partial charge on any atom is 0.262 e. The van der Waals surface area contributed by atoms with Crippen molar-refractivity contribution < 1.29 is 31.9 Å². The molecule has 1 atom stereocenters. The maximum atomic E-state index is 13.5. The van der Waals surface area contributed by atoms with Crippen LogP contribution in [-0.2, 0) is 14.6 Å². The number of ether oxygens (including phenoxy) is 1. The molecule has 0 aliphatic carbocycles. The molecule has 9 nitrogen and oxygen atoms in total. The van der Waals surface area contributed by atoms with Gasteiger partial charge in [0.1, 0.15) is 11.6 Å². The first kappa shape index (κ1) is 27.3. The zero-order chi connectivity index (χ0) is 27.3. The SMILES string of the molecule is CCOc1ccc(C(=O)N2CCN(C(=O)C(NC(=O)c3cccs3)S(=O)(=O)c3ccc(F)cc3)CC2)cc1. The molecule has 1 N–H and O–H groups in total. The fraction of sp³-hybridized carbons (Fsp3) is 0.269. The smallest absolute Gasteiger partial charge is 0.262 e. The molecule has 1 aromatic heterocycles. The molecule has 200 valence electrons. The van der Waals surface area contributed by atoms with E-state index in [0.717, 1.165) is 35.6 Å². The molecule has 0 bridgehead atoms. The second kappa shape index (κ2) is 11.7. The van der Waals surface area contributed by atoms with Gasteiger partial charge in [-0.2, -0.15) is 0 Å². The standard InChI is InChI=1S/C26H26FN3O6S2/c1-2-36-20-9-5-18(6-10-20)25(32)29-13-15-30(16-14-29)26(33)24(28-23(31)22-4-3-17-37-22)38(34,35)21-11-7-19(27)8-12-21/h3-12,17,24H,2,13-16H2,1H3,(H,28,31). The third kappa shape index (κ3) is 6.03. The number of thiophene rings is 1. The van der Waals surface area contributed by atoms with Gasteiger partial charge < -0.3 is 19.9 Å². The van der Waals surface area contributed by atoms with E-state index in [4.69, 9.17) is 4.74 Å². The summed E-state index contributed by atoms with van der Waals surface area (Å²) < 4.78 is 45.6. The van der Waals surface area contributed by atoms with Crippen LogP contribution in [0, 0.1) is 5.82 Å². The Hall–Kier alpha value is -3.77. The van der Waals surface area contributed by atoms with Crippen molar-refractivity contribution in [3.63, 3.8) is 0 Å². The molecule has 1 aliphatic rings. The zero-order valence-corrected chi connectivity index (χ0v) is 22.1. The molecule has 0 saturated carbocycles. The molecule has 3 amide bonds. The van der Waals surface area contributed by atoms with Gasteiger partial charge in [-0.05, 0) is 66.9 Å². The summed E-state index contributed by atoms with van der Waals surface area (Å²) in [6.07, 6.45) is 0. The second-order valence-electron chi connectivity index (χ2n) is 8.40. The van der Waals surface area contributed by atoms with E-state index in [-0.39, 0.29) is 41.9 Å². The minimum absolute atomic E-state index is 0.0753. The number of hydrogen-bond acceptors (Lipinski definition) is 7. The Labute approximate surface area is 223 Å². The molecule has 3 aromatic rings. The molecule has 0 radical (unpaired) electrons. The predicted molar refractivity (Wildman–Crippen MR) is 139 cm³/mol. The van der Waals surface area contributed by atoms with E-state index in [0.29, 0.717) is 17.9 Å². The Bertz CT molecular complexity index is 1390. The Kier molecular flexibility index (Phi) is 8.42. The second-order valence-corrected chi connectivity index (χ2v) is 11.4. The molecule has 2 heterocycles. The topological polar surface area (TPSA) is 113 Å². The molecular formula is C26H26FN3O6S2. The summed E-state index contributed by atoms with van der Waals surface area (Å²) in [6.45, 7) is 2.88. The van der Waals surface area contributed by atoms with E-state index in [1.54, 1.807) is 40.6 Å². The Morgan fingerprint density at radius 2 is 1.61 bits per heavy atom. The largest absolute Gasteiger partial charge is 0.494 e. The van der Waals surface area contributed by atoms with Crippen molar-refractivity contribution in [1.29, 1.82) is 0 Å². The van der Waals surface area contributed by atoms with Gasteiger partial charge in [-0.3, -0.25) is 14.4 Å². The average Bonchev–Trinajstić information content (AvgIpc) is 3.47. The van der Waals surface area contributed by atoms with E-state index >= 15 is 0 Å². The fourth-order valence-electron chi connectivity index (χ4n) is 3.97. The lowest BCUT2D eigenvalue weighted by molar-refractivity contribution is -0.132. The molecule has 1 aliphatic heterocycles. The molecule has 1 unspecified atom stereocenters. The van der Waals surface area contributed by atoms with Crippen LogP contribution in [-0.4, -0.2) is 74.1 Å². The van der Waals surface area contributed by atoms with E-state index in [1.165, 1.54) is 11.0 Å².